The van der Waals surface area contributed by atoms with E-state index in [0.717, 1.165) is 36.4 Å². The molecule has 1 saturated heterocycles. The minimum absolute atomic E-state index is 0.145. The van der Waals surface area contributed by atoms with Crippen LogP contribution in [0.5, 0.6) is 0 Å². The lowest BCUT2D eigenvalue weighted by atomic mass is 10.1. The zero-order valence-electron chi connectivity index (χ0n) is 11.4. The number of amides is 3. The van der Waals surface area contributed by atoms with Gasteiger partial charge in [-0.1, -0.05) is 11.6 Å². The molecule has 0 aliphatic carbocycles. The maximum Gasteiger partial charge on any atom is 0.262 e. The van der Waals surface area contributed by atoms with Gasteiger partial charge in [-0.2, -0.15) is 0 Å². The number of benzene rings is 1. The van der Waals surface area contributed by atoms with Crippen molar-refractivity contribution in [2.45, 2.75) is 19.8 Å². The predicted octanol–water partition coefficient (Wildman–Crippen LogP) is 1.21. The Morgan fingerprint density at radius 2 is 1.75 bits per heavy atom. The van der Waals surface area contributed by atoms with Gasteiger partial charge in [0, 0.05) is 13.1 Å². The third-order valence-electron chi connectivity index (χ3n) is 3.88. The normalized spacial score (nSPS) is 17.9. The van der Waals surface area contributed by atoms with Crippen molar-refractivity contribution in [2.24, 2.45) is 0 Å². The van der Waals surface area contributed by atoms with Crippen molar-refractivity contribution in [2.75, 3.05) is 19.6 Å². The molecule has 0 N–H and O–H groups in total. The first-order valence-corrected chi connectivity index (χ1v) is 6.82. The van der Waals surface area contributed by atoms with Crippen LogP contribution in [0.2, 0.25) is 0 Å². The lowest BCUT2D eigenvalue weighted by Gasteiger charge is -2.19. The molecule has 0 bridgehead atoms. The summed E-state index contributed by atoms with van der Waals surface area (Å²) in [5, 5.41) is 0. The molecule has 0 spiro atoms. The predicted molar refractivity (Wildman–Crippen MR) is 72.4 cm³/mol. The molecule has 1 aromatic carbocycles. The Labute approximate surface area is 117 Å². The first-order valence-electron chi connectivity index (χ1n) is 6.82. The van der Waals surface area contributed by atoms with Gasteiger partial charge in [0.1, 0.15) is 6.54 Å². The summed E-state index contributed by atoms with van der Waals surface area (Å²) in [5.41, 5.74) is 1.73. The summed E-state index contributed by atoms with van der Waals surface area (Å²) in [6, 6.07) is 5.16. The Morgan fingerprint density at radius 3 is 2.45 bits per heavy atom. The van der Waals surface area contributed by atoms with Crippen LogP contribution in [0.4, 0.5) is 0 Å². The van der Waals surface area contributed by atoms with Gasteiger partial charge < -0.3 is 4.90 Å². The molecule has 0 saturated carbocycles. The van der Waals surface area contributed by atoms with Crippen molar-refractivity contribution in [3.8, 4) is 0 Å². The molecule has 0 radical (unpaired) electrons. The maximum absolute atomic E-state index is 12.2. The monoisotopic (exact) mass is 272 g/mol. The average molecular weight is 272 g/mol. The molecule has 2 heterocycles. The van der Waals surface area contributed by atoms with E-state index in [-0.39, 0.29) is 24.3 Å². The van der Waals surface area contributed by atoms with Gasteiger partial charge in [-0.3, -0.25) is 19.3 Å². The highest BCUT2D eigenvalue weighted by atomic mass is 16.2. The van der Waals surface area contributed by atoms with Gasteiger partial charge >= 0.3 is 0 Å². The number of nitrogens with zero attached hydrogens (tertiary/aromatic N) is 2. The number of carbonyl (C=O) groups is 3. The number of rotatable bonds is 2. The summed E-state index contributed by atoms with van der Waals surface area (Å²) in [7, 11) is 0. The third kappa shape index (κ3) is 1.99. The maximum atomic E-state index is 12.2. The number of fused-ring (bicyclic) bond motifs is 1. The highest BCUT2D eigenvalue weighted by Crippen LogP contribution is 2.24. The molecule has 2 aliphatic rings. The molecule has 5 nitrogen and oxygen atoms in total. The second-order valence-electron chi connectivity index (χ2n) is 5.33. The SMILES string of the molecule is Cc1ccc2c(c1)C(=O)N(CC(=O)N1CCCC1)C2=O. The van der Waals surface area contributed by atoms with E-state index in [9.17, 15) is 14.4 Å². The molecular weight excluding hydrogens is 256 g/mol. The van der Waals surface area contributed by atoms with Crippen molar-refractivity contribution < 1.29 is 14.4 Å². The van der Waals surface area contributed by atoms with Crippen LogP contribution in [0.25, 0.3) is 0 Å². The smallest absolute Gasteiger partial charge is 0.262 e. The van der Waals surface area contributed by atoms with E-state index in [4.69, 9.17) is 0 Å². The van der Waals surface area contributed by atoms with Crippen LogP contribution in [0, 0.1) is 6.92 Å². The molecule has 2 aliphatic heterocycles. The molecule has 1 fully saturated rings. The van der Waals surface area contributed by atoms with Crippen LogP contribution < -0.4 is 0 Å². The van der Waals surface area contributed by atoms with Crippen LogP contribution in [0.15, 0.2) is 18.2 Å². The van der Waals surface area contributed by atoms with E-state index in [0.29, 0.717) is 11.1 Å². The Balaban J connectivity index is 1.81. The molecule has 3 rings (SSSR count). The van der Waals surface area contributed by atoms with Crippen molar-refractivity contribution in [1.82, 2.24) is 9.80 Å². The molecule has 20 heavy (non-hydrogen) atoms. The van der Waals surface area contributed by atoms with E-state index in [1.807, 2.05) is 6.92 Å². The Morgan fingerprint density at radius 1 is 1.10 bits per heavy atom. The van der Waals surface area contributed by atoms with Gasteiger partial charge in [0.15, 0.2) is 0 Å². The summed E-state index contributed by atoms with van der Waals surface area (Å²) >= 11 is 0. The summed E-state index contributed by atoms with van der Waals surface area (Å²) in [4.78, 5) is 39.3. The summed E-state index contributed by atoms with van der Waals surface area (Å²) in [6.07, 6.45) is 1.99. The first kappa shape index (κ1) is 12.8. The second kappa shape index (κ2) is 4.74. The topological polar surface area (TPSA) is 57.7 Å². The number of likely N-dealkylation sites (tertiary alicyclic amines) is 1. The first-order chi connectivity index (χ1) is 9.58. The third-order valence-corrected chi connectivity index (χ3v) is 3.88. The van der Waals surface area contributed by atoms with Crippen LogP contribution in [0.1, 0.15) is 39.1 Å². The van der Waals surface area contributed by atoms with Crippen molar-refractivity contribution in [3.63, 3.8) is 0 Å². The fraction of sp³-hybridized carbons (Fsp3) is 0.400. The summed E-state index contributed by atoms with van der Waals surface area (Å²) in [5.74, 6) is -0.868. The Hall–Kier alpha value is -2.17. The molecule has 104 valence electrons. The molecule has 5 heteroatoms. The van der Waals surface area contributed by atoms with Crippen molar-refractivity contribution in [3.05, 3.63) is 34.9 Å². The lowest BCUT2D eigenvalue weighted by molar-refractivity contribution is -0.130. The van der Waals surface area contributed by atoms with Gasteiger partial charge in [0.05, 0.1) is 11.1 Å². The van der Waals surface area contributed by atoms with Crippen LogP contribution in [-0.4, -0.2) is 47.2 Å². The largest absolute Gasteiger partial charge is 0.341 e. The minimum atomic E-state index is -0.363. The number of hydrogen-bond donors (Lipinski definition) is 0. The number of hydrogen-bond acceptors (Lipinski definition) is 3. The molecule has 3 amide bonds. The van der Waals surface area contributed by atoms with Crippen molar-refractivity contribution >= 4 is 17.7 Å². The number of imide groups is 1. The average Bonchev–Trinajstić information content (AvgIpc) is 3.03. The van der Waals surface area contributed by atoms with Crippen LogP contribution in [0.3, 0.4) is 0 Å². The lowest BCUT2D eigenvalue weighted by Crippen LogP contribution is -2.41. The highest BCUT2D eigenvalue weighted by molar-refractivity contribution is 6.22. The molecule has 0 unspecified atom stereocenters. The zero-order chi connectivity index (χ0) is 14.3. The van der Waals surface area contributed by atoms with Crippen LogP contribution >= 0.6 is 0 Å². The zero-order valence-corrected chi connectivity index (χ0v) is 11.4. The Bertz CT molecular complexity index is 603. The Kier molecular flexibility index (Phi) is 3.04. The minimum Gasteiger partial charge on any atom is -0.341 e. The standard InChI is InChI=1S/C15H16N2O3/c1-10-4-5-11-12(8-10)15(20)17(14(11)19)9-13(18)16-6-2-3-7-16/h4-5,8H,2-3,6-7,9H2,1H3. The van der Waals surface area contributed by atoms with Gasteiger partial charge in [-0.15, -0.1) is 0 Å². The van der Waals surface area contributed by atoms with Gasteiger partial charge in [0.25, 0.3) is 11.8 Å². The fourth-order valence-corrected chi connectivity index (χ4v) is 2.75. The quantitative estimate of drug-likeness (QED) is 0.760. The number of aryl methyl sites for hydroxylation is 1. The van der Waals surface area contributed by atoms with E-state index >= 15 is 0 Å². The van der Waals surface area contributed by atoms with Crippen molar-refractivity contribution in [1.29, 1.82) is 0 Å². The summed E-state index contributed by atoms with van der Waals surface area (Å²) in [6.45, 7) is 3.17. The molecule has 1 aromatic rings. The summed E-state index contributed by atoms with van der Waals surface area (Å²) < 4.78 is 0. The van der Waals surface area contributed by atoms with E-state index in [2.05, 4.69) is 0 Å². The molecule has 0 aromatic heterocycles. The highest BCUT2D eigenvalue weighted by Gasteiger charge is 2.37. The van der Waals surface area contributed by atoms with Gasteiger partial charge in [-0.25, -0.2) is 0 Å². The molecular formula is C15H16N2O3. The van der Waals surface area contributed by atoms with Crippen LogP contribution in [-0.2, 0) is 4.79 Å². The van der Waals surface area contributed by atoms with E-state index in [1.165, 1.54) is 0 Å². The van der Waals surface area contributed by atoms with E-state index < -0.39 is 0 Å². The second-order valence-corrected chi connectivity index (χ2v) is 5.33. The number of carbonyl (C=O) groups excluding carboxylic acids is 3. The van der Waals surface area contributed by atoms with Gasteiger partial charge in [-0.05, 0) is 31.9 Å². The molecule has 0 atom stereocenters. The van der Waals surface area contributed by atoms with E-state index in [1.54, 1.807) is 23.1 Å². The fourth-order valence-electron chi connectivity index (χ4n) is 2.75. The van der Waals surface area contributed by atoms with Gasteiger partial charge in [0.2, 0.25) is 5.91 Å².